The minimum absolute atomic E-state index is 0.132. The zero-order valence-corrected chi connectivity index (χ0v) is 16.6. The van der Waals surface area contributed by atoms with Crippen LogP contribution in [0.2, 0.25) is 0 Å². The summed E-state index contributed by atoms with van der Waals surface area (Å²) in [6.45, 7) is 8.71. The summed E-state index contributed by atoms with van der Waals surface area (Å²) in [5.74, 6) is 1.53. The SMILES string of the molecule is CC1CC(N2CN=C(SCc3ccc([N+](=O)[O-])cc3)NC2)CC(C)(C)C1. The van der Waals surface area contributed by atoms with Crippen molar-refractivity contribution in [2.24, 2.45) is 16.3 Å². The molecule has 26 heavy (non-hydrogen) atoms. The lowest BCUT2D eigenvalue weighted by atomic mass is 9.70. The molecule has 1 aromatic rings. The largest absolute Gasteiger partial charge is 0.352 e. The van der Waals surface area contributed by atoms with Crippen molar-refractivity contribution in [3.8, 4) is 0 Å². The minimum atomic E-state index is -0.369. The van der Waals surface area contributed by atoms with Gasteiger partial charge in [0.05, 0.1) is 18.3 Å². The van der Waals surface area contributed by atoms with E-state index in [2.05, 4.69) is 31.0 Å². The molecular weight excluding hydrogens is 348 g/mol. The van der Waals surface area contributed by atoms with Crippen LogP contribution >= 0.6 is 11.8 Å². The lowest BCUT2D eigenvalue weighted by molar-refractivity contribution is -0.384. The van der Waals surface area contributed by atoms with E-state index in [-0.39, 0.29) is 10.6 Å². The van der Waals surface area contributed by atoms with Crippen molar-refractivity contribution in [3.05, 3.63) is 39.9 Å². The van der Waals surface area contributed by atoms with E-state index in [1.165, 1.54) is 19.3 Å². The highest BCUT2D eigenvalue weighted by molar-refractivity contribution is 8.13. The van der Waals surface area contributed by atoms with E-state index in [9.17, 15) is 10.1 Å². The Morgan fingerprint density at radius 3 is 2.65 bits per heavy atom. The standard InChI is InChI=1S/C19H28N4O2S/c1-14-8-17(10-19(2,3)9-14)22-12-20-18(21-13-22)26-11-15-4-6-16(7-5-15)23(24)25/h4-7,14,17H,8-13H2,1-3H3,(H,20,21). The number of nitrogens with zero attached hydrogens (tertiary/aromatic N) is 3. The summed E-state index contributed by atoms with van der Waals surface area (Å²) in [5, 5.41) is 15.1. The number of nitro groups is 1. The van der Waals surface area contributed by atoms with E-state index in [0.717, 1.165) is 35.7 Å². The number of nitrogens with one attached hydrogen (secondary N) is 1. The number of hydrogen-bond acceptors (Lipinski definition) is 6. The van der Waals surface area contributed by atoms with Crippen LogP contribution in [0.15, 0.2) is 29.3 Å². The second-order valence-corrected chi connectivity index (χ2v) is 9.27. The summed E-state index contributed by atoms with van der Waals surface area (Å²) < 4.78 is 0. The molecule has 0 aromatic heterocycles. The topological polar surface area (TPSA) is 70.8 Å². The zero-order chi connectivity index (χ0) is 18.7. The maximum atomic E-state index is 10.7. The average molecular weight is 377 g/mol. The first-order valence-electron chi connectivity index (χ1n) is 9.21. The predicted octanol–water partition coefficient (Wildman–Crippen LogP) is 4.22. The van der Waals surface area contributed by atoms with Gasteiger partial charge in [-0.05, 0) is 36.2 Å². The van der Waals surface area contributed by atoms with Gasteiger partial charge in [0.2, 0.25) is 0 Å². The maximum Gasteiger partial charge on any atom is 0.269 e. The molecule has 2 atom stereocenters. The average Bonchev–Trinajstić information content (AvgIpc) is 2.59. The van der Waals surface area contributed by atoms with Gasteiger partial charge in [0.15, 0.2) is 5.17 Å². The van der Waals surface area contributed by atoms with Crippen LogP contribution in [-0.2, 0) is 5.75 Å². The molecule has 6 nitrogen and oxygen atoms in total. The van der Waals surface area contributed by atoms with Gasteiger partial charge in [0, 0.05) is 23.9 Å². The third kappa shape index (κ3) is 4.98. The molecule has 1 aliphatic heterocycles. The molecule has 0 saturated heterocycles. The minimum Gasteiger partial charge on any atom is -0.352 e. The van der Waals surface area contributed by atoms with Crippen LogP contribution < -0.4 is 5.32 Å². The van der Waals surface area contributed by atoms with Gasteiger partial charge >= 0.3 is 0 Å². The Kier molecular flexibility index (Phi) is 5.87. The van der Waals surface area contributed by atoms with Crippen molar-refractivity contribution in [1.82, 2.24) is 10.2 Å². The van der Waals surface area contributed by atoms with Crippen LogP contribution in [0.25, 0.3) is 0 Å². The smallest absolute Gasteiger partial charge is 0.269 e. The molecule has 142 valence electrons. The van der Waals surface area contributed by atoms with Gasteiger partial charge in [0.1, 0.15) is 0 Å². The van der Waals surface area contributed by atoms with Crippen LogP contribution in [0.4, 0.5) is 5.69 Å². The molecule has 1 aromatic carbocycles. The Hall–Kier alpha value is -1.60. The summed E-state index contributed by atoms with van der Waals surface area (Å²) in [6, 6.07) is 7.34. The molecule has 3 rings (SSSR count). The van der Waals surface area contributed by atoms with Crippen molar-refractivity contribution in [2.75, 3.05) is 13.3 Å². The lowest BCUT2D eigenvalue weighted by Gasteiger charge is -2.44. The molecule has 1 N–H and O–H groups in total. The second kappa shape index (κ2) is 7.96. The van der Waals surface area contributed by atoms with E-state index >= 15 is 0 Å². The summed E-state index contributed by atoms with van der Waals surface area (Å²) >= 11 is 1.66. The molecule has 2 unspecified atom stereocenters. The molecule has 1 saturated carbocycles. The number of nitro benzene ring substituents is 1. The first kappa shape index (κ1) is 19.2. The van der Waals surface area contributed by atoms with Gasteiger partial charge in [-0.15, -0.1) is 0 Å². The first-order valence-corrected chi connectivity index (χ1v) is 10.2. The normalized spacial score (nSPS) is 26.0. The third-order valence-electron chi connectivity index (χ3n) is 5.23. The highest BCUT2D eigenvalue weighted by Crippen LogP contribution is 2.40. The van der Waals surface area contributed by atoms with Gasteiger partial charge in [0.25, 0.3) is 5.69 Å². The van der Waals surface area contributed by atoms with Crippen LogP contribution in [0, 0.1) is 21.4 Å². The second-order valence-electron chi connectivity index (χ2n) is 8.31. The van der Waals surface area contributed by atoms with Crippen molar-refractivity contribution in [1.29, 1.82) is 0 Å². The predicted molar refractivity (Wildman–Crippen MR) is 107 cm³/mol. The fraction of sp³-hybridized carbons (Fsp3) is 0.632. The number of amidine groups is 1. The third-order valence-corrected chi connectivity index (χ3v) is 6.26. The molecule has 1 fully saturated rings. The molecule has 0 radical (unpaired) electrons. The van der Waals surface area contributed by atoms with E-state index in [4.69, 9.17) is 4.99 Å². The highest BCUT2D eigenvalue weighted by Gasteiger charge is 2.35. The summed E-state index contributed by atoms with van der Waals surface area (Å²) in [7, 11) is 0. The summed E-state index contributed by atoms with van der Waals surface area (Å²) in [4.78, 5) is 17.5. The first-order chi connectivity index (χ1) is 12.3. The van der Waals surface area contributed by atoms with Crippen molar-refractivity contribution in [3.63, 3.8) is 0 Å². The molecule has 7 heteroatoms. The van der Waals surface area contributed by atoms with Crippen LogP contribution in [0.5, 0.6) is 0 Å². The number of aliphatic imine (C=N–C) groups is 1. The molecule has 1 aliphatic carbocycles. The molecule has 0 spiro atoms. The van der Waals surface area contributed by atoms with Crippen molar-refractivity contribution in [2.45, 2.75) is 51.8 Å². The van der Waals surface area contributed by atoms with E-state index in [1.54, 1.807) is 23.9 Å². The van der Waals surface area contributed by atoms with Gasteiger partial charge in [-0.25, -0.2) is 4.99 Å². The quantitative estimate of drug-likeness (QED) is 0.629. The number of thioether (sulfide) groups is 1. The molecule has 0 bridgehead atoms. The maximum absolute atomic E-state index is 10.7. The lowest BCUT2D eigenvalue weighted by Crippen LogP contribution is -2.50. The van der Waals surface area contributed by atoms with Gasteiger partial charge < -0.3 is 5.32 Å². The Labute approximate surface area is 159 Å². The molecule has 0 amide bonds. The van der Waals surface area contributed by atoms with Crippen LogP contribution in [0.1, 0.15) is 45.6 Å². The molecule has 1 heterocycles. The van der Waals surface area contributed by atoms with Crippen LogP contribution in [-0.4, -0.2) is 34.4 Å². The van der Waals surface area contributed by atoms with Gasteiger partial charge in [-0.2, -0.15) is 0 Å². The highest BCUT2D eigenvalue weighted by atomic mass is 32.2. The Morgan fingerprint density at radius 1 is 1.35 bits per heavy atom. The molecular formula is C19H28N4O2S. The van der Waals surface area contributed by atoms with E-state index in [1.807, 2.05) is 12.1 Å². The number of benzene rings is 1. The number of hydrogen-bond donors (Lipinski definition) is 1. The Morgan fingerprint density at radius 2 is 2.08 bits per heavy atom. The van der Waals surface area contributed by atoms with E-state index < -0.39 is 0 Å². The fourth-order valence-electron chi connectivity index (χ4n) is 4.21. The van der Waals surface area contributed by atoms with Crippen LogP contribution in [0.3, 0.4) is 0 Å². The van der Waals surface area contributed by atoms with Gasteiger partial charge in [-0.3, -0.25) is 15.0 Å². The van der Waals surface area contributed by atoms with Crippen molar-refractivity contribution >= 4 is 22.6 Å². The fourth-order valence-corrected chi connectivity index (χ4v) is 5.02. The Bertz CT molecular complexity index is 675. The monoisotopic (exact) mass is 376 g/mol. The zero-order valence-electron chi connectivity index (χ0n) is 15.8. The van der Waals surface area contributed by atoms with Crippen molar-refractivity contribution < 1.29 is 4.92 Å². The number of non-ortho nitro benzene ring substituents is 1. The van der Waals surface area contributed by atoms with Gasteiger partial charge in [-0.1, -0.05) is 44.7 Å². The molecule has 2 aliphatic rings. The Balaban J connectivity index is 1.51. The summed E-state index contributed by atoms with van der Waals surface area (Å²) in [5.41, 5.74) is 1.61. The summed E-state index contributed by atoms with van der Waals surface area (Å²) in [6.07, 6.45) is 3.80. The number of rotatable bonds is 4. The van der Waals surface area contributed by atoms with E-state index in [0.29, 0.717) is 11.5 Å².